The number of aromatic nitrogens is 1. The van der Waals surface area contributed by atoms with Gasteiger partial charge in [0, 0.05) is 44.1 Å². The number of carbonyl (C=O) groups is 2. The Hall–Kier alpha value is -2.76. The molecule has 1 aromatic heterocycles. The maximum absolute atomic E-state index is 12.7. The van der Waals surface area contributed by atoms with Gasteiger partial charge in [0.2, 0.25) is 5.91 Å². The van der Waals surface area contributed by atoms with Gasteiger partial charge in [-0.25, -0.2) is 0 Å². The number of likely N-dealkylation sites (tertiary alicyclic amines) is 1. The lowest BCUT2D eigenvalue weighted by Crippen LogP contribution is -2.39. The minimum absolute atomic E-state index is 0.0679. The fraction of sp³-hybridized carbons (Fsp3) is 0.333. The van der Waals surface area contributed by atoms with Crippen molar-refractivity contribution in [2.75, 3.05) is 18.4 Å². The van der Waals surface area contributed by atoms with Crippen molar-refractivity contribution in [3.63, 3.8) is 0 Å². The zero-order valence-corrected chi connectivity index (χ0v) is 13.6. The molecule has 24 heavy (non-hydrogen) atoms. The summed E-state index contributed by atoms with van der Waals surface area (Å²) < 4.78 is 2.18. The number of nitrogens with zero attached hydrogens (tertiary/aromatic N) is 2. The standard InChI is InChI=1S/C18H21N3O3/c1-13(22)19-14-4-5-17(23)16(12-14)18(24)21-10-6-15(7-11-21)20-8-2-3-9-20/h2-5,8-9,12,15,23H,6-7,10-11H2,1H3,(H,19,22). The van der Waals surface area contributed by atoms with Crippen LogP contribution in [0.2, 0.25) is 0 Å². The molecule has 1 saturated heterocycles. The van der Waals surface area contributed by atoms with E-state index in [-0.39, 0.29) is 23.1 Å². The minimum Gasteiger partial charge on any atom is -0.507 e. The van der Waals surface area contributed by atoms with Gasteiger partial charge in [-0.05, 0) is 43.2 Å². The topological polar surface area (TPSA) is 74.6 Å². The monoisotopic (exact) mass is 327 g/mol. The number of phenols is 1. The number of carbonyl (C=O) groups excluding carboxylic acids is 2. The molecule has 2 heterocycles. The van der Waals surface area contributed by atoms with Crippen LogP contribution in [-0.2, 0) is 4.79 Å². The summed E-state index contributed by atoms with van der Waals surface area (Å²) >= 11 is 0. The molecule has 2 amide bonds. The summed E-state index contributed by atoms with van der Waals surface area (Å²) in [6.45, 7) is 2.69. The van der Waals surface area contributed by atoms with Gasteiger partial charge in [0.25, 0.3) is 5.91 Å². The van der Waals surface area contributed by atoms with E-state index in [1.165, 1.54) is 19.1 Å². The van der Waals surface area contributed by atoms with Gasteiger partial charge in [-0.1, -0.05) is 0 Å². The molecule has 0 spiro atoms. The SMILES string of the molecule is CC(=O)Nc1ccc(O)c(C(=O)N2CCC(n3cccc3)CC2)c1. The zero-order chi connectivity index (χ0) is 17.1. The van der Waals surface area contributed by atoms with Crippen molar-refractivity contribution in [2.45, 2.75) is 25.8 Å². The molecule has 6 nitrogen and oxygen atoms in total. The van der Waals surface area contributed by atoms with Crippen LogP contribution in [0.1, 0.15) is 36.2 Å². The zero-order valence-electron chi connectivity index (χ0n) is 13.6. The summed E-state index contributed by atoms with van der Waals surface area (Å²) in [4.78, 5) is 25.6. The lowest BCUT2D eigenvalue weighted by atomic mass is 10.0. The molecule has 126 valence electrons. The largest absolute Gasteiger partial charge is 0.507 e. The fourth-order valence-corrected chi connectivity index (χ4v) is 3.12. The number of aromatic hydroxyl groups is 1. The molecule has 0 radical (unpaired) electrons. The molecular weight excluding hydrogens is 306 g/mol. The third kappa shape index (κ3) is 3.42. The second kappa shape index (κ2) is 6.78. The van der Waals surface area contributed by atoms with Crippen LogP contribution in [0.4, 0.5) is 5.69 Å². The molecule has 0 unspecified atom stereocenters. The third-order valence-electron chi connectivity index (χ3n) is 4.35. The Labute approximate surface area is 140 Å². The number of amides is 2. The third-order valence-corrected chi connectivity index (χ3v) is 4.35. The van der Waals surface area contributed by atoms with Crippen LogP contribution < -0.4 is 5.32 Å². The Morgan fingerprint density at radius 3 is 2.46 bits per heavy atom. The van der Waals surface area contributed by atoms with Crippen LogP contribution >= 0.6 is 0 Å². The van der Waals surface area contributed by atoms with Gasteiger partial charge in [-0.2, -0.15) is 0 Å². The van der Waals surface area contributed by atoms with Gasteiger partial charge in [0.1, 0.15) is 5.75 Å². The van der Waals surface area contributed by atoms with Gasteiger partial charge in [0.15, 0.2) is 0 Å². The summed E-state index contributed by atoms with van der Waals surface area (Å²) in [6.07, 6.45) is 5.86. The Kier molecular flexibility index (Phi) is 4.55. The number of benzene rings is 1. The molecule has 6 heteroatoms. The molecular formula is C18H21N3O3. The van der Waals surface area contributed by atoms with Crippen molar-refractivity contribution in [1.29, 1.82) is 0 Å². The van der Waals surface area contributed by atoms with Crippen LogP contribution in [0.3, 0.4) is 0 Å². The van der Waals surface area contributed by atoms with Crippen LogP contribution in [0.15, 0.2) is 42.7 Å². The first kappa shape index (κ1) is 16.1. The molecule has 0 aliphatic carbocycles. The molecule has 0 bridgehead atoms. The number of anilines is 1. The lowest BCUT2D eigenvalue weighted by Gasteiger charge is -2.33. The highest BCUT2D eigenvalue weighted by Gasteiger charge is 2.25. The second-order valence-electron chi connectivity index (χ2n) is 6.07. The van der Waals surface area contributed by atoms with E-state index in [4.69, 9.17) is 0 Å². The molecule has 3 rings (SSSR count). The van der Waals surface area contributed by atoms with Gasteiger partial charge in [-0.3, -0.25) is 9.59 Å². The predicted molar refractivity (Wildman–Crippen MR) is 91.0 cm³/mol. The highest BCUT2D eigenvalue weighted by Crippen LogP contribution is 2.27. The van der Waals surface area contributed by atoms with Crippen molar-refractivity contribution in [1.82, 2.24) is 9.47 Å². The van der Waals surface area contributed by atoms with Crippen molar-refractivity contribution in [2.24, 2.45) is 0 Å². The van der Waals surface area contributed by atoms with Crippen LogP contribution in [0.25, 0.3) is 0 Å². The van der Waals surface area contributed by atoms with Crippen LogP contribution in [0.5, 0.6) is 5.75 Å². The summed E-state index contributed by atoms with van der Waals surface area (Å²) in [5.41, 5.74) is 0.728. The highest BCUT2D eigenvalue weighted by molar-refractivity contribution is 5.99. The van der Waals surface area contributed by atoms with Gasteiger partial charge in [0.05, 0.1) is 5.56 Å². The maximum Gasteiger partial charge on any atom is 0.257 e. The molecule has 1 aliphatic heterocycles. The number of piperidine rings is 1. The Bertz CT molecular complexity index is 732. The molecule has 1 aliphatic rings. The number of nitrogens with one attached hydrogen (secondary N) is 1. The predicted octanol–water partition coefficient (Wildman–Crippen LogP) is 2.63. The smallest absolute Gasteiger partial charge is 0.257 e. The van der Waals surface area contributed by atoms with E-state index >= 15 is 0 Å². The van der Waals surface area contributed by atoms with Gasteiger partial charge in [-0.15, -0.1) is 0 Å². The average Bonchev–Trinajstić information content (AvgIpc) is 3.10. The first-order chi connectivity index (χ1) is 11.5. The molecule has 2 aromatic rings. The normalized spacial score (nSPS) is 15.3. The molecule has 0 saturated carbocycles. The second-order valence-corrected chi connectivity index (χ2v) is 6.07. The van der Waals surface area contributed by atoms with Crippen molar-refractivity contribution < 1.29 is 14.7 Å². The van der Waals surface area contributed by atoms with Crippen molar-refractivity contribution in [3.8, 4) is 5.75 Å². The Morgan fingerprint density at radius 1 is 1.17 bits per heavy atom. The summed E-state index contributed by atoms with van der Waals surface area (Å²) in [7, 11) is 0. The summed E-state index contributed by atoms with van der Waals surface area (Å²) in [5.74, 6) is -0.487. The Morgan fingerprint density at radius 2 is 1.83 bits per heavy atom. The number of hydrogen-bond acceptors (Lipinski definition) is 3. The van der Waals surface area contributed by atoms with E-state index in [1.54, 1.807) is 11.0 Å². The molecule has 1 aromatic carbocycles. The Balaban J connectivity index is 1.70. The first-order valence-electron chi connectivity index (χ1n) is 8.07. The number of hydrogen-bond donors (Lipinski definition) is 2. The van der Waals surface area contributed by atoms with Crippen molar-refractivity contribution >= 4 is 17.5 Å². The van der Waals surface area contributed by atoms with E-state index in [2.05, 4.69) is 9.88 Å². The van der Waals surface area contributed by atoms with Crippen LogP contribution in [0, 0.1) is 0 Å². The average molecular weight is 327 g/mol. The van der Waals surface area contributed by atoms with E-state index < -0.39 is 0 Å². The van der Waals surface area contributed by atoms with Crippen LogP contribution in [-0.4, -0.2) is 39.5 Å². The lowest BCUT2D eigenvalue weighted by molar-refractivity contribution is -0.114. The number of phenolic OH excluding ortho intramolecular Hbond substituents is 1. The summed E-state index contributed by atoms with van der Waals surface area (Å²) in [6, 6.07) is 8.95. The summed E-state index contributed by atoms with van der Waals surface area (Å²) in [5, 5.41) is 12.6. The van der Waals surface area contributed by atoms with E-state index in [0.717, 1.165) is 12.8 Å². The van der Waals surface area contributed by atoms with Gasteiger partial charge < -0.3 is 19.9 Å². The highest BCUT2D eigenvalue weighted by atomic mass is 16.3. The minimum atomic E-state index is -0.216. The van der Waals surface area contributed by atoms with Crippen molar-refractivity contribution in [3.05, 3.63) is 48.3 Å². The number of rotatable bonds is 3. The molecule has 0 atom stereocenters. The van der Waals surface area contributed by atoms with E-state index in [9.17, 15) is 14.7 Å². The molecule has 2 N–H and O–H groups in total. The maximum atomic E-state index is 12.7. The molecule has 1 fully saturated rings. The first-order valence-corrected chi connectivity index (χ1v) is 8.07. The van der Waals surface area contributed by atoms with E-state index in [1.807, 2.05) is 24.5 Å². The van der Waals surface area contributed by atoms with E-state index in [0.29, 0.717) is 24.8 Å². The fourth-order valence-electron chi connectivity index (χ4n) is 3.12. The van der Waals surface area contributed by atoms with Gasteiger partial charge >= 0.3 is 0 Å². The quantitative estimate of drug-likeness (QED) is 0.851.